The molecule has 2 fully saturated rings. The van der Waals surface area contributed by atoms with E-state index in [4.69, 9.17) is 0 Å². The summed E-state index contributed by atoms with van der Waals surface area (Å²) in [5, 5.41) is 6.24. The first-order valence-corrected chi connectivity index (χ1v) is 10.3. The Kier molecular flexibility index (Phi) is 6.91. The summed E-state index contributed by atoms with van der Waals surface area (Å²) in [5.74, 6) is 0.588. The molecule has 142 valence electrons. The fourth-order valence-electron chi connectivity index (χ4n) is 3.50. The van der Waals surface area contributed by atoms with Gasteiger partial charge in [-0.25, -0.2) is 4.39 Å². The maximum atomic E-state index is 12.9. The average Bonchev–Trinajstić information content (AvgIpc) is 3.20. The van der Waals surface area contributed by atoms with E-state index in [0.29, 0.717) is 24.8 Å². The predicted octanol–water partition coefficient (Wildman–Crippen LogP) is 2.02. The Morgan fingerprint density at radius 3 is 2.77 bits per heavy atom. The van der Waals surface area contributed by atoms with E-state index in [1.807, 2.05) is 4.90 Å². The molecule has 1 aromatic rings. The van der Waals surface area contributed by atoms with Crippen LogP contribution < -0.4 is 10.6 Å². The van der Waals surface area contributed by atoms with Gasteiger partial charge in [-0.3, -0.25) is 9.59 Å². The van der Waals surface area contributed by atoms with Crippen LogP contribution in [0, 0.1) is 11.7 Å². The number of carbonyl (C=O) groups excluding carboxylic acids is 2. The molecule has 2 aliphatic heterocycles. The number of rotatable bonds is 6. The van der Waals surface area contributed by atoms with Crippen molar-refractivity contribution < 1.29 is 14.0 Å². The van der Waals surface area contributed by atoms with Crippen LogP contribution in [0.5, 0.6) is 0 Å². The third-order valence-corrected chi connectivity index (χ3v) is 5.99. The lowest BCUT2D eigenvalue weighted by atomic mass is 9.98. The fourth-order valence-corrected chi connectivity index (χ4v) is 4.30. The maximum Gasteiger partial charge on any atom is 0.237 e. The van der Waals surface area contributed by atoms with Crippen LogP contribution >= 0.6 is 11.8 Å². The molecular weight excluding hydrogens is 353 g/mol. The van der Waals surface area contributed by atoms with Gasteiger partial charge in [-0.05, 0) is 62.4 Å². The number of amides is 2. The highest BCUT2D eigenvalue weighted by molar-refractivity contribution is 8.00. The van der Waals surface area contributed by atoms with Crippen molar-refractivity contribution >= 4 is 23.6 Å². The molecule has 0 radical (unpaired) electrons. The molecule has 2 N–H and O–H groups in total. The number of thioether (sulfide) groups is 1. The smallest absolute Gasteiger partial charge is 0.237 e. The molecule has 2 unspecified atom stereocenters. The molecule has 2 atom stereocenters. The minimum absolute atomic E-state index is 0.0524. The summed E-state index contributed by atoms with van der Waals surface area (Å²) in [6.07, 6.45) is 3.96. The number of halogens is 1. The number of piperidine rings is 1. The zero-order valence-electron chi connectivity index (χ0n) is 14.9. The van der Waals surface area contributed by atoms with Gasteiger partial charge in [0.2, 0.25) is 11.8 Å². The lowest BCUT2D eigenvalue weighted by Crippen LogP contribution is -2.47. The quantitative estimate of drug-likeness (QED) is 0.743. The third-order valence-electron chi connectivity index (χ3n) is 4.99. The Morgan fingerprint density at radius 2 is 2.04 bits per heavy atom. The number of likely N-dealkylation sites (tertiary alicyclic amines) is 1. The fraction of sp³-hybridized carbons (Fsp3) is 0.579. The normalized spacial score (nSPS) is 23.0. The van der Waals surface area contributed by atoms with Gasteiger partial charge in [-0.1, -0.05) is 0 Å². The van der Waals surface area contributed by atoms with E-state index in [0.717, 1.165) is 43.7 Å². The van der Waals surface area contributed by atoms with Crippen molar-refractivity contribution in [3.05, 3.63) is 30.1 Å². The summed E-state index contributed by atoms with van der Waals surface area (Å²) in [7, 11) is 0. The Labute approximate surface area is 158 Å². The first kappa shape index (κ1) is 19.2. The second-order valence-corrected chi connectivity index (χ2v) is 8.03. The maximum absolute atomic E-state index is 12.9. The minimum atomic E-state index is -0.269. The third kappa shape index (κ3) is 5.45. The van der Waals surface area contributed by atoms with E-state index in [1.165, 1.54) is 23.9 Å². The first-order valence-electron chi connectivity index (χ1n) is 9.29. The summed E-state index contributed by atoms with van der Waals surface area (Å²) >= 11 is 1.43. The summed E-state index contributed by atoms with van der Waals surface area (Å²) in [6.45, 7) is 3.01. The summed E-state index contributed by atoms with van der Waals surface area (Å²) in [6, 6.07) is 6.15. The van der Waals surface area contributed by atoms with Crippen molar-refractivity contribution in [2.75, 3.05) is 31.9 Å². The SMILES string of the molecule is O=C(NCC1CCCN(C(=O)CSc2ccc(F)cc2)C1)C1CCCN1. The molecular formula is C19H26FN3O2S. The van der Waals surface area contributed by atoms with Gasteiger partial charge >= 0.3 is 0 Å². The van der Waals surface area contributed by atoms with Gasteiger partial charge in [-0.15, -0.1) is 11.8 Å². The van der Waals surface area contributed by atoms with Crippen molar-refractivity contribution in [3.63, 3.8) is 0 Å². The molecule has 2 saturated heterocycles. The van der Waals surface area contributed by atoms with Crippen LogP contribution in [0.25, 0.3) is 0 Å². The van der Waals surface area contributed by atoms with Crippen molar-refractivity contribution in [1.82, 2.24) is 15.5 Å². The molecule has 5 nitrogen and oxygen atoms in total. The highest BCUT2D eigenvalue weighted by Gasteiger charge is 2.26. The van der Waals surface area contributed by atoms with Crippen molar-refractivity contribution in [3.8, 4) is 0 Å². The van der Waals surface area contributed by atoms with E-state index in [-0.39, 0.29) is 23.7 Å². The second-order valence-electron chi connectivity index (χ2n) is 6.98. The van der Waals surface area contributed by atoms with Crippen molar-refractivity contribution in [2.45, 2.75) is 36.6 Å². The number of hydrogen-bond donors (Lipinski definition) is 2. The van der Waals surface area contributed by atoms with Crippen molar-refractivity contribution in [1.29, 1.82) is 0 Å². The Bertz CT molecular complexity index is 620. The molecule has 0 aromatic heterocycles. The molecule has 0 aliphatic carbocycles. The zero-order chi connectivity index (χ0) is 18.4. The summed E-state index contributed by atoms with van der Waals surface area (Å²) in [4.78, 5) is 27.4. The molecule has 0 spiro atoms. The van der Waals surface area contributed by atoms with Crippen LogP contribution in [-0.4, -0.2) is 54.7 Å². The largest absolute Gasteiger partial charge is 0.354 e. The Hall–Kier alpha value is -1.60. The molecule has 2 heterocycles. The molecule has 26 heavy (non-hydrogen) atoms. The number of hydrogen-bond acceptors (Lipinski definition) is 4. The van der Waals surface area contributed by atoms with Crippen LogP contribution in [0.4, 0.5) is 4.39 Å². The highest BCUT2D eigenvalue weighted by Crippen LogP contribution is 2.21. The number of nitrogens with one attached hydrogen (secondary N) is 2. The monoisotopic (exact) mass is 379 g/mol. The second kappa shape index (κ2) is 9.37. The van der Waals surface area contributed by atoms with E-state index in [9.17, 15) is 14.0 Å². The topological polar surface area (TPSA) is 61.4 Å². The average molecular weight is 380 g/mol. The van der Waals surface area contributed by atoms with Crippen LogP contribution in [0.2, 0.25) is 0 Å². The van der Waals surface area contributed by atoms with Gasteiger partial charge in [0.25, 0.3) is 0 Å². The lowest BCUT2D eigenvalue weighted by Gasteiger charge is -2.33. The van der Waals surface area contributed by atoms with E-state index in [1.54, 1.807) is 12.1 Å². The molecule has 7 heteroatoms. The molecule has 0 bridgehead atoms. The van der Waals surface area contributed by atoms with E-state index < -0.39 is 0 Å². The van der Waals surface area contributed by atoms with Crippen LogP contribution in [0.1, 0.15) is 25.7 Å². The Morgan fingerprint density at radius 1 is 1.23 bits per heavy atom. The van der Waals surface area contributed by atoms with E-state index in [2.05, 4.69) is 10.6 Å². The molecule has 2 amide bonds. The van der Waals surface area contributed by atoms with Crippen LogP contribution in [0.3, 0.4) is 0 Å². The molecule has 1 aromatic carbocycles. The minimum Gasteiger partial charge on any atom is -0.354 e. The van der Waals surface area contributed by atoms with Gasteiger partial charge in [0.1, 0.15) is 5.82 Å². The van der Waals surface area contributed by atoms with Gasteiger partial charge < -0.3 is 15.5 Å². The predicted molar refractivity (Wildman–Crippen MR) is 100 cm³/mol. The standard InChI is InChI=1S/C19H26FN3O2S/c20-15-5-7-16(8-6-15)26-13-18(24)23-10-2-3-14(12-23)11-22-19(25)17-4-1-9-21-17/h5-8,14,17,21H,1-4,9-13H2,(H,22,25). The van der Waals surface area contributed by atoms with Crippen molar-refractivity contribution in [2.24, 2.45) is 5.92 Å². The molecule has 3 rings (SSSR count). The Balaban J connectivity index is 1.41. The highest BCUT2D eigenvalue weighted by atomic mass is 32.2. The van der Waals surface area contributed by atoms with Crippen LogP contribution in [-0.2, 0) is 9.59 Å². The lowest BCUT2D eigenvalue weighted by molar-refractivity contribution is -0.130. The zero-order valence-corrected chi connectivity index (χ0v) is 15.7. The van der Waals surface area contributed by atoms with Gasteiger partial charge in [-0.2, -0.15) is 0 Å². The van der Waals surface area contributed by atoms with Gasteiger partial charge in [0.05, 0.1) is 11.8 Å². The number of nitrogens with zero attached hydrogens (tertiary/aromatic N) is 1. The summed E-state index contributed by atoms with van der Waals surface area (Å²) < 4.78 is 12.9. The van der Waals surface area contributed by atoms with E-state index >= 15 is 0 Å². The molecule has 2 aliphatic rings. The number of carbonyl (C=O) groups is 2. The van der Waals surface area contributed by atoms with Crippen LogP contribution in [0.15, 0.2) is 29.2 Å². The van der Waals surface area contributed by atoms with Gasteiger partial charge in [0, 0.05) is 24.5 Å². The summed E-state index contributed by atoms with van der Waals surface area (Å²) in [5.41, 5.74) is 0. The first-order chi connectivity index (χ1) is 12.6. The van der Waals surface area contributed by atoms with Gasteiger partial charge in [0.15, 0.2) is 0 Å². The molecule has 0 saturated carbocycles. The number of benzene rings is 1.